The van der Waals surface area contributed by atoms with E-state index in [0.717, 1.165) is 16.6 Å². The van der Waals surface area contributed by atoms with Crippen LogP contribution in [0.2, 0.25) is 5.02 Å². The van der Waals surface area contributed by atoms with Gasteiger partial charge >= 0.3 is 6.03 Å². The molecule has 2 amide bonds. The SMILES string of the molecule is O=C(Nc1ccc(Cl)cc1)Nc1cccc2[nH]ccc12. The van der Waals surface area contributed by atoms with Gasteiger partial charge < -0.3 is 15.6 Å². The van der Waals surface area contributed by atoms with Crippen molar-refractivity contribution in [1.29, 1.82) is 0 Å². The number of aromatic nitrogens is 1. The summed E-state index contributed by atoms with van der Waals surface area (Å²) in [4.78, 5) is 15.1. The number of halogens is 1. The number of rotatable bonds is 2. The highest BCUT2D eigenvalue weighted by Crippen LogP contribution is 2.22. The summed E-state index contributed by atoms with van der Waals surface area (Å²) in [6.45, 7) is 0. The summed E-state index contributed by atoms with van der Waals surface area (Å²) in [6, 6.07) is 14.3. The number of fused-ring (bicyclic) bond motifs is 1. The minimum absolute atomic E-state index is 0.291. The molecular weight excluding hydrogens is 274 g/mol. The van der Waals surface area contributed by atoms with Gasteiger partial charge in [-0.25, -0.2) is 4.79 Å². The second-order valence-corrected chi connectivity index (χ2v) is 4.77. The van der Waals surface area contributed by atoms with Gasteiger partial charge in [-0.2, -0.15) is 0 Å². The van der Waals surface area contributed by atoms with Crippen molar-refractivity contribution in [3.63, 3.8) is 0 Å². The molecule has 20 heavy (non-hydrogen) atoms. The Hall–Kier alpha value is -2.46. The first kappa shape index (κ1) is 12.6. The lowest BCUT2D eigenvalue weighted by atomic mass is 10.2. The van der Waals surface area contributed by atoms with Crippen molar-refractivity contribution in [2.75, 3.05) is 10.6 Å². The van der Waals surface area contributed by atoms with Crippen LogP contribution in [0.15, 0.2) is 54.7 Å². The van der Waals surface area contributed by atoms with Crippen LogP contribution in [0, 0.1) is 0 Å². The predicted molar refractivity (Wildman–Crippen MR) is 82.4 cm³/mol. The maximum atomic E-state index is 12.0. The predicted octanol–water partition coefficient (Wildman–Crippen LogP) is 4.47. The van der Waals surface area contributed by atoms with E-state index in [2.05, 4.69) is 15.6 Å². The minimum atomic E-state index is -0.291. The van der Waals surface area contributed by atoms with Crippen molar-refractivity contribution in [3.8, 4) is 0 Å². The summed E-state index contributed by atoms with van der Waals surface area (Å²) in [5.74, 6) is 0. The van der Waals surface area contributed by atoms with Gasteiger partial charge in [-0.3, -0.25) is 0 Å². The number of H-pyrrole nitrogens is 1. The molecule has 0 atom stereocenters. The third-order valence-electron chi connectivity index (χ3n) is 2.95. The fourth-order valence-corrected chi connectivity index (χ4v) is 2.14. The van der Waals surface area contributed by atoms with E-state index in [1.54, 1.807) is 24.3 Å². The van der Waals surface area contributed by atoms with Crippen molar-refractivity contribution in [1.82, 2.24) is 4.98 Å². The molecule has 3 N–H and O–H groups in total. The summed E-state index contributed by atoms with van der Waals surface area (Å²) in [6.07, 6.45) is 1.84. The number of carbonyl (C=O) groups is 1. The molecule has 2 aromatic carbocycles. The molecule has 0 aliphatic rings. The average molecular weight is 286 g/mol. The zero-order valence-corrected chi connectivity index (χ0v) is 11.2. The van der Waals surface area contributed by atoms with E-state index in [-0.39, 0.29) is 6.03 Å². The van der Waals surface area contributed by atoms with E-state index >= 15 is 0 Å². The largest absolute Gasteiger partial charge is 0.361 e. The average Bonchev–Trinajstić information content (AvgIpc) is 2.91. The second-order valence-electron chi connectivity index (χ2n) is 4.33. The molecular formula is C15H12ClN3O. The topological polar surface area (TPSA) is 56.9 Å². The maximum absolute atomic E-state index is 12.0. The van der Waals surface area contributed by atoms with Crippen LogP contribution in [-0.2, 0) is 0 Å². The lowest BCUT2D eigenvalue weighted by Gasteiger charge is -2.08. The molecule has 3 rings (SSSR count). The lowest BCUT2D eigenvalue weighted by Crippen LogP contribution is -2.19. The van der Waals surface area contributed by atoms with E-state index in [0.29, 0.717) is 10.7 Å². The highest BCUT2D eigenvalue weighted by atomic mass is 35.5. The zero-order valence-electron chi connectivity index (χ0n) is 10.5. The number of anilines is 2. The Balaban J connectivity index is 1.76. The van der Waals surface area contributed by atoms with E-state index in [1.165, 1.54) is 0 Å². The van der Waals surface area contributed by atoms with E-state index < -0.39 is 0 Å². The van der Waals surface area contributed by atoms with Gasteiger partial charge in [0.2, 0.25) is 0 Å². The number of amides is 2. The highest BCUT2D eigenvalue weighted by Gasteiger charge is 2.06. The number of hydrogen-bond donors (Lipinski definition) is 3. The van der Waals surface area contributed by atoms with Crippen molar-refractivity contribution in [2.45, 2.75) is 0 Å². The Morgan fingerprint density at radius 1 is 1.00 bits per heavy atom. The number of urea groups is 1. The second kappa shape index (κ2) is 5.27. The smallest absolute Gasteiger partial charge is 0.323 e. The number of aromatic amines is 1. The first-order chi connectivity index (χ1) is 9.72. The normalized spacial score (nSPS) is 10.4. The van der Waals surface area contributed by atoms with Crippen molar-refractivity contribution < 1.29 is 4.79 Å². The van der Waals surface area contributed by atoms with Gasteiger partial charge in [0.15, 0.2) is 0 Å². The molecule has 1 aromatic heterocycles. The molecule has 0 unspecified atom stereocenters. The summed E-state index contributed by atoms with van der Waals surface area (Å²) in [7, 11) is 0. The summed E-state index contributed by atoms with van der Waals surface area (Å²) >= 11 is 5.80. The molecule has 0 aliphatic carbocycles. The number of hydrogen-bond acceptors (Lipinski definition) is 1. The molecule has 0 radical (unpaired) electrons. The van der Waals surface area contributed by atoms with Crippen LogP contribution in [0.25, 0.3) is 10.9 Å². The van der Waals surface area contributed by atoms with Crippen LogP contribution >= 0.6 is 11.6 Å². The van der Waals surface area contributed by atoms with Crippen LogP contribution in [0.5, 0.6) is 0 Å². The standard InChI is InChI=1S/C15H12ClN3O/c16-10-4-6-11(7-5-10)18-15(20)19-14-3-1-2-13-12(14)8-9-17-13/h1-9,17H,(H2,18,19,20). The van der Waals surface area contributed by atoms with Crippen molar-refractivity contribution in [3.05, 3.63) is 59.8 Å². The third-order valence-corrected chi connectivity index (χ3v) is 3.20. The number of carbonyl (C=O) groups excluding carboxylic acids is 1. The highest BCUT2D eigenvalue weighted by molar-refractivity contribution is 6.30. The zero-order chi connectivity index (χ0) is 13.9. The van der Waals surface area contributed by atoms with E-state index in [1.807, 2.05) is 30.5 Å². The molecule has 0 fully saturated rings. The first-order valence-corrected chi connectivity index (χ1v) is 6.50. The molecule has 0 aliphatic heterocycles. The number of nitrogens with one attached hydrogen (secondary N) is 3. The van der Waals surface area contributed by atoms with Gasteiger partial charge in [0.05, 0.1) is 5.69 Å². The third kappa shape index (κ3) is 2.60. The Morgan fingerprint density at radius 2 is 1.80 bits per heavy atom. The Kier molecular flexibility index (Phi) is 3.31. The van der Waals surface area contributed by atoms with Crippen LogP contribution in [0.1, 0.15) is 0 Å². The summed E-state index contributed by atoms with van der Waals surface area (Å²) in [5, 5.41) is 7.19. The van der Waals surface area contributed by atoms with Crippen LogP contribution in [-0.4, -0.2) is 11.0 Å². The van der Waals surface area contributed by atoms with Gasteiger partial charge in [0.1, 0.15) is 0 Å². The Labute approximate surface area is 120 Å². The van der Waals surface area contributed by atoms with Crippen LogP contribution in [0.4, 0.5) is 16.2 Å². The molecule has 0 saturated heterocycles. The fraction of sp³-hybridized carbons (Fsp3) is 0. The van der Waals surface area contributed by atoms with Gasteiger partial charge in [-0.1, -0.05) is 17.7 Å². The maximum Gasteiger partial charge on any atom is 0.323 e. The number of benzene rings is 2. The molecule has 4 nitrogen and oxygen atoms in total. The van der Waals surface area contributed by atoms with Gasteiger partial charge in [-0.05, 0) is 42.5 Å². The summed E-state index contributed by atoms with van der Waals surface area (Å²) in [5.41, 5.74) is 2.43. The van der Waals surface area contributed by atoms with Crippen molar-refractivity contribution in [2.24, 2.45) is 0 Å². The Morgan fingerprint density at radius 3 is 2.60 bits per heavy atom. The molecule has 5 heteroatoms. The lowest BCUT2D eigenvalue weighted by molar-refractivity contribution is 0.262. The molecule has 0 bridgehead atoms. The molecule has 1 heterocycles. The van der Waals surface area contributed by atoms with Gasteiger partial charge in [-0.15, -0.1) is 0 Å². The fourth-order valence-electron chi connectivity index (χ4n) is 2.01. The Bertz CT molecular complexity index is 749. The molecule has 3 aromatic rings. The summed E-state index contributed by atoms with van der Waals surface area (Å²) < 4.78 is 0. The molecule has 0 saturated carbocycles. The van der Waals surface area contributed by atoms with E-state index in [4.69, 9.17) is 11.6 Å². The molecule has 0 spiro atoms. The quantitative estimate of drug-likeness (QED) is 0.639. The molecule has 100 valence electrons. The van der Waals surface area contributed by atoms with Gasteiger partial charge in [0.25, 0.3) is 0 Å². The minimum Gasteiger partial charge on any atom is -0.361 e. The first-order valence-electron chi connectivity index (χ1n) is 6.12. The van der Waals surface area contributed by atoms with Crippen LogP contribution in [0.3, 0.4) is 0 Å². The monoisotopic (exact) mass is 285 g/mol. The van der Waals surface area contributed by atoms with Gasteiger partial charge in [0, 0.05) is 27.8 Å². The van der Waals surface area contributed by atoms with E-state index in [9.17, 15) is 4.79 Å². The van der Waals surface area contributed by atoms with Crippen molar-refractivity contribution >= 4 is 39.9 Å². The van der Waals surface area contributed by atoms with Crippen LogP contribution < -0.4 is 10.6 Å².